The quantitative estimate of drug-likeness (QED) is 0.606. The first-order valence-corrected chi connectivity index (χ1v) is 8.59. The molecule has 0 aliphatic heterocycles. The minimum absolute atomic E-state index is 0.119. The lowest BCUT2D eigenvalue weighted by atomic mass is 10.2. The molecular weight excluding hydrogens is 318 g/mol. The molecule has 0 saturated carbocycles. The van der Waals surface area contributed by atoms with Gasteiger partial charge in [-0.1, -0.05) is 0 Å². The van der Waals surface area contributed by atoms with E-state index >= 15 is 0 Å². The highest BCUT2D eigenvalue weighted by atomic mass is 35.7. The molecule has 0 heterocycles. The zero-order valence-corrected chi connectivity index (χ0v) is 13.6. The zero-order chi connectivity index (χ0) is 16.0. The van der Waals surface area contributed by atoms with Crippen molar-refractivity contribution in [3.05, 3.63) is 23.8 Å². The first-order chi connectivity index (χ1) is 9.75. The van der Waals surface area contributed by atoms with Gasteiger partial charge in [0.1, 0.15) is 10.6 Å². The maximum atomic E-state index is 11.9. The first-order valence-electron chi connectivity index (χ1n) is 6.28. The Balaban J connectivity index is 3.07. The Morgan fingerprint density at radius 1 is 1.38 bits per heavy atom. The normalized spacial score (nSPS) is 11.5. The molecule has 21 heavy (non-hydrogen) atoms. The molecule has 1 aromatic carbocycles. The Morgan fingerprint density at radius 3 is 2.57 bits per heavy atom. The summed E-state index contributed by atoms with van der Waals surface area (Å²) >= 11 is 0. The monoisotopic (exact) mass is 335 g/mol. The lowest BCUT2D eigenvalue weighted by Crippen LogP contribution is -2.27. The fourth-order valence-corrected chi connectivity index (χ4v) is 2.55. The number of rotatable bonds is 7. The van der Waals surface area contributed by atoms with Gasteiger partial charge in [0.15, 0.2) is 0 Å². The lowest BCUT2D eigenvalue weighted by Gasteiger charge is -2.13. The lowest BCUT2D eigenvalue weighted by molar-refractivity contribution is 0.0937. The summed E-state index contributed by atoms with van der Waals surface area (Å²) in [5, 5.41) is 2.60. The molecule has 0 saturated heterocycles. The fraction of sp³-hybridized carbons (Fsp3) is 0.462. The van der Waals surface area contributed by atoms with Gasteiger partial charge in [0.05, 0.1) is 12.7 Å². The molecule has 0 atom stereocenters. The predicted octanol–water partition coefficient (Wildman–Crippen LogP) is 1.78. The van der Waals surface area contributed by atoms with E-state index < -0.39 is 15.0 Å². The fourth-order valence-electron chi connectivity index (χ4n) is 1.56. The van der Waals surface area contributed by atoms with Gasteiger partial charge in [-0.2, -0.15) is 0 Å². The standard InChI is InChI=1S/C13H18ClNO5S/c1-9(2)20-11-5-4-10(8-12(11)21(14,17)18)13(16)15-6-7-19-3/h4-5,8-9H,6-7H2,1-3H3,(H,15,16). The Hall–Kier alpha value is -1.31. The van der Waals surface area contributed by atoms with Crippen LogP contribution in [-0.4, -0.2) is 40.7 Å². The van der Waals surface area contributed by atoms with Crippen molar-refractivity contribution in [2.75, 3.05) is 20.3 Å². The van der Waals surface area contributed by atoms with Gasteiger partial charge in [0.2, 0.25) is 0 Å². The van der Waals surface area contributed by atoms with E-state index in [1.807, 2.05) is 0 Å². The summed E-state index contributed by atoms with van der Waals surface area (Å²) in [4.78, 5) is 11.7. The SMILES string of the molecule is COCCNC(=O)c1ccc(OC(C)C)c(S(=O)(=O)Cl)c1. The van der Waals surface area contributed by atoms with Crippen LogP contribution in [0.2, 0.25) is 0 Å². The Bertz CT molecular complexity index is 601. The number of benzene rings is 1. The van der Waals surface area contributed by atoms with E-state index in [0.717, 1.165) is 0 Å². The molecule has 8 heteroatoms. The largest absolute Gasteiger partial charge is 0.490 e. The van der Waals surface area contributed by atoms with E-state index in [0.29, 0.717) is 13.2 Å². The third-order valence-electron chi connectivity index (χ3n) is 2.42. The van der Waals surface area contributed by atoms with Gasteiger partial charge >= 0.3 is 0 Å². The van der Waals surface area contributed by atoms with Crippen LogP contribution in [-0.2, 0) is 13.8 Å². The highest BCUT2D eigenvalue weighted by molar-refractivity contribution is 8.13. The van der Waals surface area contributed by atoms with Gasteiger partial charge in [0, 0.05) is 29.9 Å². The number of amides is 1. The van der Waals surface area contributed by atoms with Crippen LogP contribution in [0.4, 0.5) is 0 Å². The molecule has 0 unspecified atom stereocenters. The first kappa shape index (κ1) is 17.7. The number of methoxy groups -OCH3 is 1. The molecule has 0 fully saturated rings. The molecular formula is C13H18ClNO5S. The minimum Gasteiger partial charge on any atom is -0.490 e. The van der Waals surface area contributed by atoms with E-state index in [9.17, 15) is 13.2 Å². The molecule has 118 valence electrons. The molecule has 1 rings (SSSR count). The molecule has 1 aromatic rings. The summed E-state index contributed by atoms with van der Waals surface area (Å²) in [6.07, 6.45) is -0.219. The van der Waals surface area contributed by atoms with Crippen LogP contribution in [0.15, 0.2) is 23.1 Å². The Kier molecular flexibility index (Phi) is 6.44. The molecule has 0 aliphatic rings. The topological polar surface area (TPSA) is 81.7 Å². The molecule has 0 aromatic heterocycles. The predicted molar refractivity (Wildman–Crippen MR) is 79.5 cm³/mol. The number of hydrogen-bond donors (Lipinski definition) is 1. The van der Waals surface area contributed by atoms with Crippen molar-refractivity contribution >= 4 is 25.6 Å². The zero-order valence-electron chi connectivity index (χ0n) is 12.1. The molecule has 0 bridgehead atoms. The van der Waals surface area contributed by atoms with E-state index in [2.05, 4.69) is 5.32 Å². The summed E-state index contributed by atoms with van der Waals surface area (Å²) < 4.78 is 33.4. The van der Waals surface area contributed by atoms with Gasteiger partial charge < -0.3 is 14.8 Å². The van der Waals surface area contributed by atoms with Crippen LogP contribution in [0.1, 0.15) is 24.2 Å². The van der Waals surface area contributed by atoms with Crippen molar-refractivity contribution in [2.24, 2.45) is 0 Å². The van der Waals surface area contributed by atoms with Crippen LogP contribution in [0.5, 0.6) is 5.75 Å². The maximum Gasteiger partial charge on any atom is 0.265 e. The molecule has 0 spiro atoms. The maximum absolute atomic E-state index is 11.9. The minimum atomic E-state index is -4.02. The number of halogens is 1. The Labute approximate surface area is 128 Å². The molecule has 1 amide bonds. The summed E-state index contributed by atoms with van der Waals surface area (Å²) in [5.74, 6) is -0.293. The van der Waals surface area contributed by atoms with Crippen LogP contribution in [0.3, 0.4) is 0 Å². The van der Waals surface area contributed by atoms with Gasteiger partial charge in [-0.25, -0.2) is 8.42 Å². The van der Waals surface area contributed by atoms with Gasteiger partial charge in [-0.3, -0.25) is 4.79 Å². The van der Waals surface area contributed by atoms with Crippen LogP contribution in [0, 0.1) is 0 Å². The van der Waals surface area contributed by atoms with E-state index in [4.69, 9.17) is 20.2 Å². The molecule has 0 radical (unpaired) electrons. The van der Waals surface area contributed by atoms with E-state index in [1.54, 1.807) is 13.8 Å². The molecule has 1 N–H and O–H groups in total. The van der Waals surface area contributed by atoms with Gasteiger partial charge in [-0.15, -0.1) is 0 Å². The van der Waals surface area contributed by atoms with Crippen molar-refractivity contribution in [3.8, 4) is 5.75 Å². The smallest absolute Gasteiger partial charge is 0.265 e. The molecule has 0 aliphatic carbocycles. The van der Waals surface area contributed by atoms with Crippen LogP contribution in [0.25, 0.3) is 0 Å². The highest BCUT2D eigenvalue weighted by Crippen LogP contribution is 2.29. The third kappa shape index (κ3) is 5.53. The summed E-state index contributed by atoms with van der Waals surface area (Å²) in [7, 11) is 2.89. The Morgan fingerprint density at radius 2 is 2.05 bits per heavy atom. The number of ether oxygens (including phenoxy) is 2. The van der Waals surface area contributed by atoms with Crippen molar-refractivity contribution in [2.45, 2.75) is 24.8 Å². The average molecular weight is 336 g/mol. The van der Waals surface area contributed by atoms with Crippen LogP contribution < -0.4 is 10.1 Å². The number of carbonyl (C=O) groups is 1. The summed E-state index contributed by atoms with van der Waals surface area (Å²) in [5.41, 5.74) is 0.182. The van der Waals surface area contributed by atoms with Crippen LogP contribution >= 0.6 is 10.7 Å². The molecule has 6 nitrogen and oxygen atoms in total. The number of carbonyl (C=O) groups excluding carboxylic acids is 1. The van der Waals surface area contributed by atoms with Gasteiger partial charge in [-0.05, 0) is 32.0 Å². The number of hydrogen-bond acceptors (Lipinski definition) is 5. The van der Waals surface area contributed by atoms with Gasteiger partial charge in [0.25, 0.3) is 15.0 Å². The van der Waals surface area contributed by atoms with E-state index in [1.165, 1.54) is 25.3 Å². The van der Waals surface area contributed by atoms with Crippen molar-refractivity contribution in [3.63, 3.8) is 0 Å². The van der Waals surface area contributed by atoms with E-state index in [-0.39, 0.29) is 22.3 Å². The highest BCUT2D eigenvalue weighted by Gasteiger charge is 2.20. The van der Waals surface area contributed by atoms with Crippen molar-refractivity contribution < 1.29 is 22.7 Å². The summed E-state index contributed by atoms with van der Waals surface area (Å²) in [6.45, 7) is 4.20. The van der Waals surface area contributed by atoms with Crippen molar-refractivity contribution in [1.82, 2.24) is 5.32 Å². The second kappa shape index (κ2) is 7.63. The summed E-state index contributed by atoms with van der Waals surface area (Å²) in [6, 6.07) is 4.09. The average Bonchev–Trinajstić information content (AvgIpc) is 2.37. The third-order valence-corrected chi connectivity index (χ3v) is 3.77. The number of nitrogens with one attached hydrogen (secondary N) is 1. The second-order valence-corrected chi connectivity index (χ2v) is 7.05. The van der Waals surface area contributed by atoms with Crippen molar-refractivity contribution in [1.29, 1.82) is 0 Å². The second-order valence-electron chi connectivity index (χ2n) is 4.51.